The van der Waals surface area contributed by atoms with Gasteiger partial charge >= 0.3 is 5.97 Å². The second-order valence-electron chi connectivity index (χ2n) is 5.05. The molecule has 0 saturated heterocycles. The number of nitro groups is 1. The van der Waals surface area contributed by atoms with Crippen LogP contribution >= 0.6 is 0 Å². The smallest absolute Gasteiger partial charge is 0.363 e. The molecule has 0 N–H and O–H groups in total. The van der Waals surface area contributed by atoms with Crippen LogP contribution in [0, 0.1) is 17.0 Å². The van der Waals surface area contributed by atoms with Crippen molar-refractivity contribution in [2.24, 2.45) is 4.99 Å². The lowest BCUT2D eigenvalue weighted by Gasteiger charge is -1.99. The molecule has 0 fully saturated rings. The summed E-state index contributed by atoms with van der Waals surface area (Å²) in [6, 6.07) is 13.3. The van der Waals surface area contributed by atoms with Crippen LogP contribution in [0.3, 0.4) is 0 Å². The summed E-state index contributed by atoms with van der Waals surface area (Å²) in [7, 11) is 0. The van der Waals surface area contributed by atoms with Gasteiger partial charge in [0.25, 0.3) is 5.69 Å². The lowest BCUT2D eigenvalue weighted by atomic mass is 10.1. The Labute approximate surface area is 131 Å². The van der Waals surface area contributed by atoms with Gasteiger partial charge in [0, 0.05) is 17.7 Å². The van der Waals surface area contributed by atoms with Crippen LogP contribution in [0.1, 0.15) is 16.7 Å². The van der Waals surface area contributed by atoms with Gasteiger partial charge in [0.15, 0.2) is 5.70 Å². The fourth-order valence-electron chi connectivity index (χ4n) is 2.16. The molecule has 0 bridgehead atoms. The molecule has 0 unspecified atom stereocenters. The first-order chi connectivity index (χ1) is 11.0. The molecule has 0 saturated carbocycles. The highest BCUT2D eigenvalue weighted by atomic mass is 16.6. The second-order valence-corrected chi connectivity index (χ2v) is 5.05. The van der Waals surface area contributed by atoms with Gasteiger partial charge in [-0.1, -0.05) is 17.7 Å². The van der Waals surface area contributed by atoms with E-state index >= 15 is 0 Å². The van der Waals surface area contributed by atoms with Crippen molar-refractivity contribution in [2.75, 3.05) is 0 Å². The van der Waals surface area contributed by atoms with Gasteiger partial charge in [-0.3, -0.25) is 10.1 Å². The number of benzene rings is 2. The molecule has 0 amide bonds. The zero-order valence-corrected chi connectivity index (χ0v) is 12.2. The highest BCUT2D eigenvalue weighted by Gasteiger charge is 2.24. The van der Waals surface area contributed by atoms with Crippen molar-refractivity contribution >= 4 is 23.6 Å². The van der Waals surface area contributed by atoms with E-state index in [1.165, 1.54) is 18.2 Å². The van der Waals surface area contributed by atoms with Gasteiger partial charge in [0.1, 0.15) is 0 Å². The van der Waals surface area contributed by atoms with Crippen molar-refractivity contribution in [3.63, 3.8) is 0 Å². The lowest BCUT2D eigenvalue weighted by molar-refractivity contribution is -0.384. The number of hydrogen-bond acceptors (Lipinski definition) is 5. The number of carbonyl (C=O) groups excluding carboxylic acids is 1. The minimum absolute atomic E-state index is 0.00917. The summed E-state index contributed by atoms with van der Waals surface area (Å²) in [4.78, 5) is 26.3. The van der Waals surface area contributed by atoms with Crippen LogP contribution in [0.4, 0.5) is 5.69 Å². The number of hydrogen-bond donors (Lipinski definition) is 0. The number of aliphatic imine (C=N–C) groups is 1. The van der Waals surface area contributed by atoms with Gasteiger partial charge in [-0.15, -0.1) is 0 Å². The molecule has 2 aromatic carbocycles. The number of ether oxygens (including phenoxy) is 1. The Morgan fingerprint density at radius 2 is 1.91 bits per heavy atom. The molecular weight excluding hydrogens is 296 g/mol. The molecule has 6 nitrogen and oxygen atoms in total. The van der Waals surface area contributed by atoms with E-state index in [0.717, 1.165) is 11.1 Å². The van der Waals surface area contributed by atoms with Crippen molar-refractivity contribution in [3.8, 4) is 0 Å². The fourth-order valence-corrected chi connectivity index (χ4v) is 2.16. The maximum Gasteiger partial charge on any atom is 0.363 e. The largest absolute Gasteiger partial charge is 0.402 e. The average molecular weight is 308 g/mol. The maximum absolute atomic E-state index is 11.9. The van der Waals surface area contributed by atoms with Crippen LogP contribution in [0.15, 0.2) is 59.2 Å². The Bertz CT molecular complexity index is 851. The number of nitro benzene ring substituents is 1. The fraction of sp³-hybridized carbons (Fsp3) is 0.0588. The topological polar surface area (TPSA) is 81.8 Å². The molecule has 0 atom stereocenters. The quantitative estimate of drug-likeness (QED) is 0.377. The van der Waals surface area contributed by atoms with Gasteiger partial charge in [-0.05, 0) is 42.8 Å². The molecule has 1 aliphatic heterocycles. The van der Waals surface area contributed by atoms with Crippen molar-refractivity contribution in [3.05, 3.63) is 81.0 Å². The molecule has 0 aliphatic carbocycles. The van der Waals surface area contributed by atoms with E-state index in [1.807, 2.05) is 31.2 Å². The Morgan fingerprint density at radius 1 is 1.17 bits per heavy atom. The van der Waals surface area contributed by atoms with Crippen molar-refractivity contribution in [1.29, 1.82) is 0 Å². The van der Waals surface area contributed by atoms with Crippen LogP contribution in [0.5, 0.6) is 0 Å². The first-order valence-electron chi connectivity index (χ1n) is 6.87. The number of non-ortho nitro benzene ring substituents is 1. The summed E-state index contributed by atoms with van der Waals surface area (Å²) < 4.78 is 5.18. The van der Waals surface area contributed by atoms with E-state index in [0.29, 0.717) is 5.56 Å². The summed E-state index contributed by atoms with van der Waals surface area (Å²) in [5.41, 5.74) is 2.55. The highest BCUT2D eigenvalue weighted by molar-refractivity contribution is 6.12. The third kappa shape index (κ3) is 3.16. The van der Waals surface area contributed by atoms with E-state index in [1.54, 1.807) is 12.1 Å². The number of carbonyl (C=O) groups is 1. The molecule has 0 aromatic heterocycles. The molecule has 1 heterocycles. The van der Waals surface area contributed by atoms with Crippen molar-refractivity contribution in [2.45, 2.75) is 6.92 Å². The SMILES string of the molecule is Cc1cccc(C2=N/C(=C\c3ccc([N+](=O)[O-])cc3)C(=O)O2)c1. The lowest BCUT2D eigenvalue weighted by Crippen LogP contribution is -2.05. The van der Waals surface area contributed by atoms with Crippen LogP contribution in [0.25, 0.3) is 6.08 Å². The molecule has 6 heteroatoms. The van der Waals surface area contributed by atoms with Crippen LogP contribution < -0.4 is 0 Å². The summed E-state index contributed by atoms with van der Waals surface area (Å²) in [6.45, 7) is 1.94. The molecule has 114 valence electrons. The van der Waals surface area contributed by atoms with Crippen molar-refractivity contribution < 1.29 is 14.5 Å². The predicted molar refractivity (Wildman–Crippen MR) is 84.9 cm³/mol. The molecule has 23 heavy (non-hydrogen) atoms. The Balaban J connectivity index is 1.90. The van der Waals surface area contributed by atoms with Crippen molar-refractivity contribution in [1.82, 2.24) is 0 Å². The number of nitrogens with zero attached hydrogens (tertiary/aromatic N) is 2. The zero-order valence-electron chi connectivity index (χ0n) is 12.2. The van der Waals surface area contributed by atoms with E-state index < -0.39 is 10.9 Å². The normalized spacial score (nSPS) is 15.4. The van der Waals surface area contributed by atoms with Crippen LogP contribution in [-0.2, 0) is 9.53 Å². The third-order valence-electron chi connectivity index (χ3n) is 3.29. The Morgan fingerprint density at radius 3 is 2.57 bits per heavy atom. The molecular formula is C17H12N2O4. The number of cyclic esters (lactones) is 1. The standard InChI is InChI=1S/C17H12N2O4/c1-11-3-2-4-13(9-11)16-18-15(17(20)23-16)10-12-5-7-14(8-6-12)19(21)22/h2-10H,1H3/b15-10-. The van der Waals surface area contributed by atoms with E-state index in [9.17, 15) is 14.9 Å². The van der Waals surface area contributed by atoms with Gasteiger partial charge in [0.05, 0.1) is 4.92 Å². The molecule has 3 rings (SSSR count). The molecule has 1 aliphatic rings. The number of rotatable bonds is 3. The van der Waals surface area contributed by atoms with E-state index in [-0.39, 0.29) is 17.3 Å². The Kier molecular flexibility index (Phi) is 3.72. The van der Waals surface area contributed by atoms with Gasteiger partial charge in [0.2, 0.25) is 5.90 Å². The first-order valence-corrected chi connectivity index (χ1v) is 6.87. The predicted octanol–water partition coefficient (Wildman–Crippen LogP) is 3.25. The maximum atomic E-state index is 11.9. The second kappa shape index (κ2) is 5.84. The molecule has 0 radical (unpaired) electrons. The Hall–Kier alpha value is -3.28. The summed E-state index contributed by atoms with van der Waals surface area (Å²) in [6.07, 6.45) is 1.54. The number of aryl methyl sites for hydroxylation is 1. The van der Waals surface area contributed by atoms with Crippen LogP contribution in [-0.4, -0.2) is 16.8 Å². The van der Waals surface area contributed by atoms with Crippen LogP contribution in [0.2, 0.25) is 0 Å². The highest BCUT2D eigenvalue weighted by Crippen LogP contribution is 2.20. The minimum atomic E-state index is -0.542. The summed E-state index contributed by atoms with van der Waals surface area (Å²) in [5, 5.41) is 10.6. The van der Waals surface area contributed by atoms with E-state index in [2.05, 4.69) is 4.99 Å². The monoisotopic (exact) mass is 308 g/mol. The molecule has 0 spiro atoms. The summed E-state index contributed by atoms with van der Waals surface area (Å²) >= 11 is 0. The first kappa shape index (κ1) is 14.6. The minimum Gasteiger partial charge on any atom is -0.402 e. The third-order valence-corrected chi connectivity index (χ3v) is 3.29. The average Bonchev–Trinajstić information content (AvgIpc) is 2.89. The summed E-state index contributed by atoms with van der Waals surface area (Å²) in [5.74, 6) is -0.285. The van der Waals surface area contributed by atoms with Gasteiger partial charge in [-0.2, -0.15) is 0 Å². The van der Waals surface area contributed by atoms with Gasteiger partial charge in [-0.25, -0.2) is 9.79 Å². The zero-order chi connectivity index (χ0) is 16.4. The molecule has 2 aromatic rings. The number of esters is 1. The van der Waals surface area contributed by atoms with Gasteiger partial charge < -0.3 is 4.74 Å². The van der Waals surface area contributed by atoms with E-state index in [4.69, 9.17) is 4.74 Å².